The molecule has 2 unspecified atom stereocenters. The number of anilines is 1. The summed E-state index contributed by atoms with van der Waals surface area (Å²) in [5, 5.41) is 9.71. The van der Waals surface area contributed by atoms with Gasteiger partial charge in [0.2, 0.25) is 5.95 Å². The summed E-state index contributed by atoms with van der Waals surface area (Å²) in [5.74, 6) is 0.0405. The number of hydrogen-bond donors (Lipinski definition) is 4. The predicted octanol–water partition coefficient (Wildman–Crippen LogP) is 0.440. The van der Waals surface area contributed by atoms with Crippen LogP contribution in [0.15, 0.2) is 11.1 Å². The summed E-state index contributed by atoms with van der Waals surface area (Å²) in [7, 11) is -4.38. The van der Waals surface area contributed by atoms with Crippen LogP contribution >= 0.6 is 19.6 Å². The van der Waals surface area contributed by atoms with Crippen LogP contribution in [0.25, 0.3) is 11.2 Å². The summed E-state index contributed by atoms with van der Waals surface area (Å²) in [6.07, 6.45) is 0.157. The van der Waals surface area contributed by atoms with E-state index in [0.29, 0.717) is 0 Å². The number of ether oxygens (including phenoxy) is 1. The highest BCUT2D eigenvalue weighted by atomic mass is 32.2. The zero-order valence-electron chi connectivity index (χ0n) is 14.9. The molecule has 0 aromatic carbocycles. The quantitative estimate of drug-likeness (QED) is 0.308. The molecule has 0 bridgehead atoms. The van der Waals surface area contributed by atoms with E-state index in [0.717, 1.165) is 0 Å². The number of nitrogens with zero attached hydrogens (tertiary/aromatic N) is 3. The predicted molar refractivity (Wildman–Crippen MR) is 99.1 cm³/mol. The topological polar surface area (TPSA) is 175 Å². The zero-order valence-corrected chi connectivity index (χ0v) is 16.6. The van der Waals surface area contributed by atoms with Gasteiger partial charge in [0.1, 0.15) is 0 Å². The number of thioether (sulfide) groups is 1. The van der Waals surface area contributed by atoms with E-state index in [1.807, 2.05) is 0 Å². The van der Waals surface area contributed by atoms with Gasteiger partial charge in [-0.2, -0.15) is 16.7 Å². The highest BCUT2D eigenvalue weighted by Gasteiger charge is 2.31. The minimum Gasteiger partial charge on any atom is -0.392 e. The maximum atomic E-state index is 12.0. The lowest BCUT2D eigenvalue weighted by atomic mass is 10.5. The number of aromatic nitrogens is 4. The van der Waals surface area contributed by atoms with Gasteiger partial charge in [0.05, 0.1) is 19.0 Å². The van der Waals surface area contributed by atoms with Gasteiger partial charge in [0.15, 0.2) is 23.7 Å². The van der Waals surface area contributed by atoms with Gasteiger partial charge in [-0.1, -0.05) is 0 Å². The first kappa shape index (κ1) is 21.8. The van der Waals surface area contributed by atoms with E-state index in [-0.39, 0.29) is 22.9 Å². The third-order valence-corrected chi connectivity index (χ3v) is 4.92. The summed E-state index contributed by atoms with van der Waals surface area (Å²) in [5.41, 5.74) is 5.09. The molecule has 0 radical (unpaired) electrons. The average Bonchev–Trinajstić information content (AvgIpc) is 2.95. The van der Waals surface area contributed by atoms with Gasteiger partial charge in [-0.3, -0.25) is 23.4 Å². The lowest BCUT2D eigenvalue weighted by Gasteiger charge is -2.26. The molecule has 152 valence electrons. The summed E-state index contributed by atoms with van der Waals surface area (Å²) >= 11 is 1.29. The molecule has 3 atom stereocenters. The Morgan fingerprint density at radius 1 is 1.44 bits per heavy atom. The van der Waals surface area contributed by atoms with Crippen LogP contribution in [-0.2, 0) is 18.3 Å². The molecule has 0 spiro atoms. The molecule has 14 heteroatoms. The van der Waals surface area contributed by atoms with E-state index < -0.39 is 38.6 Å². The number of aliphatic hydroxyl groups is 1. The summed E-state index contributed by atoms with van der Waals surface area (Å²) in [6.45, 7) is 2.62. The zero-order chi connectivity index (χ0) is 20.2. The monoisotopic (exact) mass is 423 g/mol. The van der Waals surface area contributed by atoms with Crippen molar-refractivity contribution >= 4 is 36.7 Å². The third-order valence-electron chi connectivity index (χ3n) is 3.12. The standard InChI is InChI=1S/C13H22N5O7PS/c1-7(2)24-26(21,22)25-9(5-27-3)23-8(4-19)18-6-15-10-11(18)16-13(14)17-12(10)20/h6-9,19H,4-5H2,1-3H3,(H,21,22)(H3,14,16,17,20)/t8?,9-/m0/s1. The first-order chi connectivity index (χ1) is 12.7. The number of rotatable bonds is 10. The van der Waals surface area contributed by atoms with Crippen LogP contribution in [0.3, 0.4) is 0 Å². The molecule has 27 heavy (non-hydrogen) atoms. The minimum absolute atomic E-state index is 0.00422. The number of nitrogens with two attached hydrogens (primary N) is 1. The molecular formula is C13H22N5O7PS. The van der Waals surface area contributed by atoms with E-state index in [9.17, 15) is 19.4 Å². The Labute approximate surface area is 158 Å². The molecule has 2 heterocycles. The highest BCUT2D eigenvalue weighted by molar-refractivity contribution is 7.98. The Morgan fingerprint density at radius 3 is 2.74 bits per heavy atom. The van der Waals surface area contributed by atoms with Crippen LogP contribution in [0.5, 0.6) is 0 Å². The fourth-order valence-electron chi connectivity index (χ4n) is 2.20. The number of fused-ring (bicyclic) bond motifs is 1. The van der Waals surface area contributed by atoms with Crippen molar-refractivity contribution in [1.29, 1.82) is 0 Å². The number of nitrogen functional groups attached to an aromatic ring is 1. The fourth-order valence-corrected chi connectivity index (χ4v) is 3.72. The van der Waals surface area contributed by atoms with E-state index in [4.69, 9.17) is 19.5 Å². The first-order valence-corrected chi connectivity index (χ1v) is 10.7. The lowest BCUT2D eigenvalue weighted by Crippen LogP contribution is -2.27. The van der Waals surface area contributed by atoms with E-state index >= 15 is 0 Å². The Morgan fingerprint density at radius 2 is 2.15 bits per heavy atom. The molecule has 2 aromatic heterocycles. The molecule has 0 aliphatic carbocycles. The normalized spacial score (nSPS) is 16.5. The molecule has 12 nitrogen and oxygen atoms in total. The minimum atomic E-state index is -4.38. The number of H-pyrrole nitrogens is 1. The number of hydrogen-bond acceptors (Lipinski definition) is 10. The molecule has 0 saturated carbocycles. The lowest BCUT2D eigenvalue weighted by molar-refractivity contribution is -0.155. The van der Waals surface area contributed by atoms with Crippen LogP contribution in [0.2, 0.25) is 0 Å². The highest BCUT2D eigenvalue weighted by Crippen LogP contribution is 2.46. The van der Waals surface area contributed by atoms with Gasteiger partial charge in [-0.15, -0.1) is 0 Å². The van der Waals surface area contributed by atoms with E-state index in [2.05, 4.69) is 15.0 Å². The van der Waals surface area contributed by atoms with Crippen molar-refractivity contribution in [2.75, 3.05) is 24.3 Å². The third kappa shape index (κ3) is 5.75. The number of imidazole rings is 1. The van der Waals surface area contributed by atoms with Crippen molar-refractivity contribution in [3.8, 4) is 0 Å². The molecule has 5 N–H and O–H groups in total. The first-order valence-electron chi connectivity index (χ1n) is 7.84. The molecule has 0 amide bonds. The summed E-state index contributed by atoms with van der Waals surface area (Å²) < 4.78 is 28.9. The Balaban J connectivity index is 2.28. The van der Waals surface area contributed by atoms with Crippen molar-refractivity contribution in [3.05, 3.63) is 16.7 Å². The number of nitrogens with one attached hydrogen (secondary N) is 1. The van der Waals surface area contributed by atoms with Crippen LogP contribution in [0, 0.1) is 0 Å². The average molecular weight is 423 g/mol. The second-order valence-corrected chi connectivity index (χ2v) is 7.93. The Hall–Kier alpha value is -1.47. The Bertz CT molecular complexity index is 872. The number of phosphoric acid groups is 1. The molecule has 0 fully saturated rings. The largest absolute Gasteiger partial charge is 0.474 e. The van der Waals surface area contributed by atoms with Gasteiger partial charge in [-0.25, -0.2) is 9.55 Å². The molecule has 0 aliphatic rings. The van der Waals surface area contributed by atoms with Gasteiger partial charge >= 0.3 is 7.82 Å². The number of aliphatic hydroxyl groups excluding tert-OH is 1. The SMILES string of the molecule is CSC[C@@H](OC(CO)n1cnc2c(=O)[nH]c(N)nc21)OP(=O)(O)OC(C)C. The smallest absolute Gasteiger partial charge is 0.392 e. The van der Waals surface area contributed by atoms with Crippen molar-refractivity contribution in [1.82, 2.24) is 19.5 Å². The maximum absolute atomic E-state index is 12.0. The summed E-state index contributed by atoms with van der Waals surface area (Å²) in [4.78, 5) is 31.9. The maximum Gasteiger partial charge on any atom is 0.474 e. The van der Waals surface area contributed by atoms with E-state index in [1.54, 1.807) is 20.1 Å². The number of phosphoric ester groups is 1. The molecule has 2 rings (SSSR count). The summed E-state index contributed by atoms with van der Waals surface area (Å²) in [6, 6.07) is 0. The van der Waals surface area contributed by atoms with Crippen molar-refractivity contribution in [2.45, 2.75) is 32.5 Å². The van der Waals surface area contributed by atoms with Crippen LogP contribution < -0.4 is 11.3 Å². The molecule has 0 saturated heterocycles. The van der Waals surface area contributed by atoms with Crippen LogP contribution in [-0.4, -0.2) is 60.5 Å². The van der Waals surface area contributed by atoms with Gasteiger partial charge < -0.3 is 20.5 Å². The van der Waals surface area contributed by atoms with Crippen molar-refractivity contribution in [3.63, 3.8) is 0 Å². The number of aromatic amines is 1. The fraction of sp³-hybridized carbons (Fsp3) is 0.615. The van der Waals surface area contributed by atoms with Gasteiger partial charge in [0, 0.05) is 5.75 Å². The van der Waals surface area contributed by atoms with E-state index in [1.165, 1.54) is 22.7 Å². The second-order valence-electron chi connectivity index (χ2n) is 5.66. The Kier molecular flexibility index (Phi) is 7.40. The van der Waals surface area contributed by atoms with Crippen LogP contribution in [0.4, 0.5) is 5.95 Å². The van der Waals surface area contributed by atoms with Gasteiger partial charge in [-0.05, 0) is 20.1 Å². The molecular weight excluding hydrogens is 401 g/mol. The second kappa shape index (κ2) is 9.15. The van der Waals surface area contributed by atoms with Gasteiger partial charge in [0.25, 0.3) is 5.56 Å². The van der Waals surface area contributed by atoms with Crippen molar-refractivity contribution < 1.29 is 28.3 Å². The molecule has 0 aliphatic heterocycles. The molecule has 2 aromatic rings. The van der Waals surface area contributed by atoms with Crippen molar-refractivity contribution in [2.24, 2.45) is 0 Å². The van der Waals surface area contributed by atoms with Crippen LogP contribution in [0.1, 0.15) is 20.1 Å².